The van der Waals surface area contributed by atoms with Crippen LogP contribution in [0.15, 0.2) is 0 Å². The third kappa shape index (κ3) is 8.16. The Morgan fingerprint density at radius 1 is 1.29 bits per heavy atom. The van der Waals surface area contributed by atoms with Crippen LogP contribution in [0.2, 0.25) is 0 Å². The molecule has 3 N–H and O–H groups in total. The average molecular weight is 244 g/mol. The average Bonchev–Trinajstić information content (AvgIpc) is 2.15. The third-order valence-electron chi connectivity index (χ3n) is 2.70. The summed E-state index contributed by atoms with van der Waals surface area (Å²) in [5, 5.41) is 15.2. The normalized spacial score (nSPS) is 13.8. The molecular weight excluding hydrogens is 216 g/mol. The van der Waals surface area contributed by atoms with E-state index >= 15 is 0 Å². The second kappa shape index (κ2) is 7.67. The summed E-state index contributed by atoms with van der Waals surface area (Å²) in [5.41, 5.74) is -0.0239. The minimum atomic E-state index is -0.0239. The van der Waals surface area contributed by atoms with Crippen LogP contribution in [0.25, 0.3) is 0 Å². The van der Waals surface area contributed by atoms with Crippen molar-refractivity contribution < 1.29 is 9.90 Å². The van der Waals surface area contributed by atoms with Gasteiger partial charge in [-0.2, -0.15) is 0 Å². The van der Waals surface area contributed by atoms with Gasteiger partial charge in [0.1, 0.15) is 0 Å². The fourth-order valence-electron chi connectivity index (χ4n) is 1.59. The highest BCUT2D eigenvalue weighted by Gasteiger charge is 2.25. The Morgan fingerprint density at radius 3 is 2.29 bits per heavy atom. The highest BCUT2D eigenvalue weighted by Crippen LogP contribution is 2.21. The lowest BCUT2D eigenvalue weighted by atomic mass is 9.85. The predicted molar refractivity (Wildman–Crippen MR) is 70.8 cm³/mol. The molecule has 4 nitrogen and oxygen atoms in total. The van der Waals surface area contributed by atoms with Crippen LogP contribution in [0.1, 0.15) is 47.5 Å². The molecule has 0 spiro atoms. The van der Waals surface area contributed by atoms with E-state index in [2.05, 4.69) is 45.3 Å². The Labute approximate surface area is 105 Å². The Bertz CT molecular complexity index is 222. The Kier molecular flexibility index (Phi) is 7.39. The molecule has 102 valence electrons. The van der Waals surface area contributed by atoms with E-state index in [4.69, 9.17) is 5.11 Å². The molecule has 17 heavy (non-hydrogen) atoms. The van der Waals surface area contributed by atoms with Gasteiger partial charge in [-0.15, -0.1) is 0 Å². The van der Waals surface area contributed by atoms with E-state index < -0.39 is 0 Å². The summed E-state index contributed by atoms with van der Waals surface area (Å²) in [6.45, 7) is 11.1. The molecule has 0 aliphatic carbocycles. The molecule has 0 heterocycles. The van der Waals surface area contributed by atoms with E-state index in [0.29, 0.717) is 25.4 Å². The molecule has 0 aliphatic rings. The monoisotopic (exact) mass is 244 g/mol. The standard InChI is InChI=1S/C13H28N2O2/c1-10(2)14-8-6-12(17)15-11(7-9-16)13(3,4)5/h10-11,14,16H,6-9H2,1-5H3,(H,15,17). The molecule has 0 aromatic heterocycles. The molecule has 4 heteroatoms. The number of carbonyl (C=O) groups excluding carboxylic acids is 1. The summed E-state index contributed by atoms with van der Waals surface area (Å²) in [6.07, 6.45) is 1.09. The van der Waals surface area contributed by atoms with Crippen LogP contribution in [0.4, 0.5) is 0 Å². The van der Waals surface area contributed by atoms with E-state index in [1.54, 1.807) is 0 Å². The topological polar surface area (TPSA) is 61.4 Å². The van der Waals surface area contributed by atoms with E-state index in [0.717, 1.165) is 0 Å². The zero-order chi connectivity index (χ0) is 13.5. The Hall–Kier alpha value is -0.610. The van der Waals surface area contributed by atoms with Crippen LogP contribution < -0.4 is 10.6 Å². The van der Waals surface area contributed by atoms with Crippen molar-refractivity contribution in [2.24, 2.45) is 5.41 Å². The Morgan fingerprint density at radius 2 is 1.88 bits per heavy atom. The third-order valence-corrected chi connectivity index (χ3v) is 2.70. The van der Waals surface area contributed by atoms with Crippen molar-refractivity contribution in [2.45, 2.75) is 59.5 Å². The zero-order valence-corrected chi connectivity index (χ0v) is 11.8. The molecule has 0 aromatic carbocycles. The first kappa shape index (κ1) is 16.4. The van der Waals surface area contributed by atoms with E-state index in [-0.39, 0.29) is 24.0 Å². The van der Waals surface area contributed by atoms with Gasteiger partial charge < -0.3 is 15.7 Å². The van der Waals surface area contributed by atoms with Crippen molar-refractivity contribution in [1.29, 1.82) is 0 Å². The molecule has 0 saturated heterocycles. The van der Waals surface area contributed by atoms with Gasteiger partial charge >= 0.3 is 0 Å². The molecule has 1 amide bonds. The number of nitrogens with one attached hydrogen (secondary N) is 2. The molecule has 1 atom stereocenters. The second-order valence-electron chi connectivity index (χ2n) is 5.86. The fraction of sp³-hybridized carbons (Fsp3) is 0.923. The molecule has 0 rings (SSSR count). The summed E-state index contributed by atoms with van der Waals surface area (Å²) >= 11 is 0. The number of hydrogen-bond acceptors (Lipinski definition) is 3. The zero-order valence-electron chi connectivity index (χ0n) is 11.8. The number of carbonyl (C=O) groups is 1. The van der Waals surface area contributed by atoms with Crippen molar-refractivity contribution in [3.63, 3.8) is 0 Å². The molecule has 0 radical (unpaired) electrons. The second-order valence-corrected chi connectivity index (χ2v) is 5.86. The van der Waals surface area contributed by atoms with Crippen molar-refractivity contribution >= 4 is 5.91 Å². The maximum atomic E-state index is 11.7. The summed E-state index contributed by atoms with van der Waals surface area (Å²) in [6, 6.07) is 0.428. The largest absolute Gasteiger partial charge is 0.396 e. The molecular formula is C13H28N2O2. The van der Waals surface area contributed by atoms with Crippen molar-refractivity contribution in [3.8, 4) is 0 Å². The van der Waals surface area contributed by atoms with Gasteiger partial charge in [0.05, 0.1) is 0 Å². The Balaban J connectivity index is 4.05. The van der Waals surface area contributed by atoms with Crippen molar-refractivity contribution in [1.82, 2.24) is 10.6 Å². The number of hydrogen-bond donors (Lipinski definition) is 3. The van der Waals surface area contributed by atoms with Crippen molar-refractivity contribution in [2.75, 3.05) is 13.2 Å². The highest BCUT2D eigenvalue weighted by atomic mass is 16.3. The first-order valence-electron chi connectivity index (χ1n) is 6.41. The quantitative estimate of drug-likeness (QED) is 0.632. The lowest BCUT2D eigenvalue weighted by Gasteiger charge is -2.31. The van der Waals surface area contributed by atoms with Gasteiger partial charge in [0.25, 0.3) is 0 Å². The summed E-state index contributed by atoms with van der Waals surface area (Å²) in [7, 11) is 0. The summed E-state index contributed by atoms with van der Waals surface area (Å²) < 4.78 is 0. The molecule has 0 fully saturated rings. The van der Waals surface area contributed by atoms with Crippen LogP contribution in [-0.2, 0) is 4.79 Å². The maximum absolute atomic E-state index is 11.7. The van der Waals surface area contributed by atoms with E-state index in [1.165, 1.54) is 0 Å². The van der Waals surface area contributed by atoms with Crippen molar-refractivity contribution in [3.05, 3.63) is 0 Å². The molecule has 0 aliphatic heterocycles. The van der Waals surface area contributed by atoms with Crippen LogP contribution in [0.3, 0.4) is 0 Å². The van der Waals surface area contributed by atoms with Gasteiger partial charge in [-0.25, -0.2) is 0 Å². The van der Waals surface area contributed by atoms with E-state index in [1.807, 2.05) is 0 Å². The fourth-order valence-corrected chi connectivity index (χ4v) is 1.59. The molecule has 0 bridgehead atoms. The summed E-state index contributed by atoms with van der Waals surface area (Å²) in [4.78, 5) is 11.7. The minimum Gasteiger partial charge on any atom is -0.396 e. The first-order chi connectivity index (χ1) is 7.77. The number of rotatable bonds is 7. The van der Waals surface area contributed by atoms with Crippen LogP contribution >= 0.6 is 0 Å². The van der Waals surface area contributed by atoms with Crippen LogP contribution in [0.5, 0.6) is 0 Å². The number of aliphatic hydroxyl groups excluding tert-OH is 1. The lowest BCUT2D eigenvalue weighted by molar-refractivity contribution is -0.122. The van der Waals surface area contributed by atoms with Gasteiger partial charge in [-0.3, -0.25) is 4.79 Å². The number of aliphatic hydroxyl groups is 1. The van der Waals surface area contributed by atoms with Gasteiger partial charge in [0.15, 0.2) is 0 Å². The SMILES string of the molecule is CC(C)NCCC(=O)NC(CCO)C(C)(C)C. The molecule has 0 aromatic rings. The maximum Gasteiger partial charge on any atom is 0.221 e. The highest BCUT2D eigenvalue weighted by molar-refractivity contribution is 5.76. The number of amides is 1. The summed E-state index contributed by atoms with van der Waals surface area (Å²) in [5.74, 6) is 0.0477. The van der Waals surface area contributed by atoms with Crippen LogP contribution in [0, 0.1) is 5.41 Å². The first-order valence-corrected chi connectivity index (χ1v) is 6.41. The van der Waals surface area contributed by atoms with E-state index in [9.17, 15) is 4.79 Å². The molecule has 1 unspecified atom stereocenters. The molecule has 0 saturated carbocycles. The predicted octanol–water partition coefficient (Wildman–Crippen LogP) is 1.29. The van der Waals surface area contributed by atoms with Gasteiger partial charge in [0.2, 0.25) is 5.91 Å². The van der Waals surface area contributed by atoms with Crippen LogP contribution in [-0.4, -0.2) is 36.2 Å². The van der Waals surface area contributed by atoms with Gasteiger partial charge in [0, 0.05) is 31.7 Å². The van der Waals surface area contributed by atoms with Gasteiger partial charge in [-0.05, 0) is 11.8 Å². The minimum absolute atomic E-state index is 0.0239. The van der Waals surface area contributed by atoms with Gasteiger partial charge in [-0.1, -0.05) is 34.6 Å². The lowest BCUT2D eigenvalue weighted by Crippen LogP contribution is -2.45. The smallest absolute Gasteiger partial charge is 0.221 e.